The molecule has 16 heavy (non-hydrogen) atoms. The second kappa shape index (κ2) is 5.45. The van der Waals surface area contributed by atoms with Gasteiger partial charge in [-0.2, -0.15) is 5.10 Å². The van der Waals surface area contributed by atoms with Crippen molar-refractivity contribution >= 4 is 5.96 Å². The molecule has 7 nitrogen and oxygen atoms in total. The van der Waals surface area contributed by atoms with Gasteiger partial charge in [0.05, 0.1) is 0 Å². The maximum absolute atomic E-state index is 5.40. The van der Waals surface area contributed by atoms with E-state index in [1.54, 1.807) is 0 Å². The average molecular weight is 223 g/mol. The van der Waals surface area contributed by atoms with E-state index in [2.05, 4.69) is 30.9 Å². The molecule has 1 fully saturated rings. The first-order valence-electron chi connectivity index (χ1n) is 5.50. The second-order valence-corrected chi connectivity index (χ2v) is 3.87. The number of nitrogens with zero attached hydrogens (tertiary/aromatic N) is 3. The van der Waals surface area contributed by atoms with Crippen LogP contribution in [0.4, 0.5) is 0 Å². The van der Waals surface area contributed by atoms with Crippen LogP contribution in [-0.4, -0.2) is 27.2 Å². The Balaban J connectivity index is 1.85. The summed E-state index contributed by atoms with van der Waals surface area (Å²) < 4.78 is 0. The van der Waals surface area contributed by atoms with Crippen molar-refractivity contribution in [3.8, 4) is 0 Å². The zero-order valence-corrected chi connectivity index (χ0v) is 9.11. The van der Waals surface area contributed by atoms with E-state index in [-0.39, 0.29) is 0 Å². The molecular weight excluding hydrogens is 206 g/mol. The third-order valence-corrected chi connectivity index (χ3v) is 2.68. The van der Waals surface area contributed by atoms with Gasteiger partial charge in [-0.05, 0) is 12.8 Å². The Labute approximate surface area is 93.9 Å². The fourth-order valence-corrected chi connectivity index (χ4v) is 1.86. The summed E-state index contributed by atoms with van der Waals surface area (Å²) in [7, 11) is 0. The molecule has 0 aliphatic heterocycles. The van der Waals surface area contributed by atoms with Crippen LogP contribution < -0.4 is 16.6 Å². The highest BCUT2D eigenvalue weighted by molar-refractivity contribution is 5.79. The Hall–Kier alpha value is -1.63. The van der Waals surface area contributed by atoms with Gasteiger partial charge in [0.15, 0.2) is 0 Å². The van der Waals surface area contributed by atoms with Crippen molar-refractivity contribution < 1.29 is 0 Å². The number of aromatic amines is 1. The van der Waals surface area contributed by atoms with Gasteiger partial charge in [0.1, 0.15) is 18.7 Å². The highest BCUT2D eigenvalue weighted by Crippen LogP contribution is 2.17. The van der Waals surface area contributed by atoms with Crippen molar-refractivity contribution in [2.75, 3.05) is 0 Å². The van der Waals surface area contributed by atoms with Crippen LogP contribution in [0.2, 0.25) is 0 Å². The number of nitrogens with one attached hydrogen (secondary N) is 3. The van der Waals surface area contributed by atoms with Crippen molar-refractivity contribution in [3.63, 3.8) is 0 Å². The lowest BCUT2D eigenvalue weighted by Gasteiger charge is -2.14. The Bertz CT molecular complexity index is 326. The van der Waals surface area contributed by atoms with Crippen LogP contribution in [0, 0.1) is 0 Å². The summed E-state index contributed by atoms with van der Waals surface area (Å²) in [5.74, 6) is 6.74. The molecule has 0 radical (unpaired) electrons. The molecule has 1 aromatic rings. The van der Waals surface area contributed by atoms with E-state index in [0.29, 0.717) is 18.5 Å². The number of guanidine groups is 1. The van der Waals surface area contributed by atoms with Crippen molar-refractivity contribution in [3.05, 3.63) is 12.2 Å². The number of aromatic nitrogens is 3. The smallest absolute Gasteiger partial charge is 0.206 e. The van der Waals surface area contributed by atoms with E-state index in [9.17, 15) is 0 Å². The van der Waals surface area contributed by atoms with Crippen LogP contribution in [0.25, 0.3) is 0 Å². The van der Waals surface area contributed by atoms with E-state index < -0.39 is 0 Å². The molecule has 0 spiro atoms. The molecule has 88 valence electrons. The number of hydrazine groups is 1. The fourth-order valence-electron chi connectivity index (χ4n) is 1.86. The highest BCUT2D eigenvalue weighted by Gasteiger charge is 2.15. The van der Waals surface area contributed by atoms with Crippen LogP contribution in [0.1, 0.15) is 31.5 Å². The van der Waals surface area contributed by atoms with E-state index >= 15 is 0 Å². The lowest BCUT2D eigenvalue weighted by Crippen LogP contribution is -2.45. The molecule has 2 rings (SSSR count). The summed E-state index contributed by atoms with van der Waals surface area (Å²) in [6.07, 6.45) is 6.38. The quantitative estimate of drug-likeness (QED) is 0.243. The minimum atomic E-state index is 0.444. The van der Waals surface area contributed by atoms with Crippen molar-refractivity contribution in [1.29, 1.82) is 0 Å². The van der Waals surface area contributed by atoms with Crippen LogP contribution >= 0.6 is 0 Å². The van der Waals surface area contributed by atoms with E-state index in [1.165, 1.54) is 32.0 Å². The lowest BCUT2D eigenvalue weighted by atomic mass is 10.2. The number of rotatable bonds is 3. The number of hydrogen-bond acceptors (Lipinski definition) is 4. The number of aliphatic imine (C=N–C) groups is 1. The Morgan fingerprint density at radius 2 is 2.38 bits per heavy atom. The zero-order valence-electron chi connectivity index (χ0n) is 9.11. The van der Waals surface area contributed by atoms with Gasteiger partial charge in [0.2, 0.25) is 5.96 Å². The van der Waals surface area contributed by atoms with Gasteiger partial charge in [0.25, 0.3) is 0 Å². The first-order valence-corrected chi connectivity index (χ1v) is 5.50. The number of H-pyrrole nitrogens is 1. The minimum absolute atomic E-state index is 0.444. The van der Waals surface area contributed by atoms with E-state index in [4.69, 9.17) is 5.84 Å². The van der Waals surface area contributed by atoms with Gasteiger partial charge in [-0.25, -0.2) is 15.8 Å². The zero-order chi connectivity index (χ0) is 11.2. The third kappa shape index (κ3) is 2.93. The summed E-state index contributed by atoms with van der Waals surface area (Å²) in [5.41, 5.74) is 2.57. The summed E-state index contributed by atoms with van der Waals surface area (Å²) in [6, 6.07) is 0.490. The van der Waals surface area contributed by atoms with E-state index in [1.807, 2.05) is 0 Å². The average Bonchev–Trinajstić information content (AvgIpc) is 2.97. The molecule has 0 amide bonds. The van der Waals surface area contributed by atoms with Gasteiger partial charge in [-0.1, -0.05) is 12.8 Å². The summed E-state index contributed by atoms with van der Waals surface area (Å²) in [5, 5.41) is 9.78. The number of nitrogens with two attached hydrogens (primary N) is 1. The second-order valence-electron chi connectivity index (χ2n) is 3.87. The number of hydrogen-bond donors (Lipinski definition) is 4. The molecule has 1 aromatic heterocycles. The van der Waals surface area contributed by atoms with Crippen LogP contribution in [0.5, 0.6) is 0 Å². The topological polar surface area (TPSA) is 104 Å². The molecule has 1 aliphatic rings. The van der Waals surface area contributed by atoms with Gasteiger partial charge in [-0.15, -0.1) is 0 Å². The van der Waals surface area contributed by atoms with Gasteiger partial charge >= 0.3 is 0 Å². The fraction of sp³-hybridized carbons (Fsp3) is 0.667. The normalized spacial score (nSPS) is 17.7. The molecule has 5 N–H and O–H groups in total. The molecule has 0 unspecified atom stereocenters. The Morgan fingerprint density at radius 1 is 1.56 bits per heavy atom. The summed E-state index contributed by atoms with van der Waals surface area (Å²) in [4.78, 5) is 8.27. The summed E-state index contributed by atoms with van der Waals surface area (Å²) >= 11 is 0. The molecule has 0 aromatic carbocycles. The van der Waals surface area contributed by atoms with Crippen LogP contribution in [0.3, 0.4) is 0 Å². The van der Waals surface area contributed by atoms with Gasteiger partial charge in [-0.3, -0.25) is 10.5 Å². The molecule has 0 atom stereocenters. The first-order chi connectivity index (χ1) is 7.88. The predicted octanol–water partition coefficient (Wildman–Crippen LogP) is -0.344. The van der Waals surface area contributed by atoms with Gasteiger partial charge in [0, 0.05) is 6.04 Å². The van der Waals surface area contributed by atoms with Crippen LogP contribution in [0.15, 0.2) is 11.3 Å². The molecule has 1 heterocycles. The Kier molecular flexibility index (Phi) is 3.71. The molecule has 1 saturated carbocycles. The minimum Gasteiger partial charge on any atom is -0.353 e. The Morgan fingerprint density at radius 3 is 3.00 bits per heavy atom. The standard InChI is InChI=1S/C9H17N7/c10-15-9(14-7-3-1-2-4-7)11-5-8-12-6-13-16-8/h6-7H,1-5,10H2,(H2,11,14,15)(H,12,13,16). The molecule has 0 bridgehead atoms. The maximum atomic E-state index is 5.40. The molecular formula is C9H17N7. The van der Waals surface area contributed by atoms with E-state index in [0.717, 1.165) is 5.82 Å². The lowest BCUT2D eigenvalue weighted by molar-refractivity contribution is 0.613. The molecule has 7 heteroatoms. The third-order valence-electron chi connectivity index (χ3n) is 2.68. The first kappa shape index (κ1) is 10.9. The van der Waals surface area contributed by atoms with Crippen molar-refractivity contribution in [2.24, 2.45) is 10.8 Å². The van der Waals surface area contributed by atoms with Crippen LogP contribution in [-0.2, 0) is 6.54 Å². The van der Waals surface area contributed by atoms with Gasteiger partial charge < -0.3 is 5.32 Å². The van der Waals surface area contributed by atoms with Crippen molar-refractivity contribution in [1.82, 2.24) is 25.9 Å². The largest absolute Gasteiger partial charge is 0.353 e. The molecule has 1 aliphatic carbocycles. The maximum Gasteiger partial charge on any atom is 0.206 e. The SMILES string of the molecule is NNC(=NCc1ncn[nH]1)NC1CCCC1. The molecule has 0 saturated heterocycles. The summed E-state index contributed by atoms with van der Waals surface area (Å²) in [6.45, 7) is 0.444. The van der Waals surface area contributed by atoms with Crippen molar-refractivity contribution in [2.45, 2.75) is 38.3 Å². The monoisotopic (exact) mass is 223 g/mol. The predicted molar refractivity (Wildman–Crippen MR) is 60.2 cm³/mol. The highest BCUT2D eigenvalue weighted by atomic mass is 15.3.